The molecular formula is C14H9BrF2O2S. The van der Waals surface area contributed by atoms with Gasteiger partial charge in [-0.15, -0.1) is 11.8 Å². The van der Waals surface area contributed by atoms with Crippen LogP contribution in [0.15, 0.2) is 45.8 Å². The summed E-state index contributed by atoms with van der Waals surface area (Å²) in [7, 11) is 0. The highest BCUT2D eigenvalue weighted by Crippen LogP contribution is 2.28. The summed E-state index contributed by atoms with van der Waals surface area (Å²) in [6, 6.07) is 8.11. The molecule has 0 atom stereocenters. The van der Waals surface area contributed by atoms with Gasteiger partial charge in [0, 0.05) is 20.7 Å². The molecule has 2 aromatic rings. The first-order chi connectivity index (χ1) is 9.47. The lowest BCUT2D eigenvalue weighted by Crippen LogP contribution is -1.97. The quantitative estimate of drug-likeness (QED) is 0.803. The molecule has 1 N–H and O–H groups in total. The molecule has 0 bridgehead atoms. The van der Waals surface area contributed by atoms with Crippen LogP contribution in [0.2, 0.25) is 0 Å². The van der Waals surface area contributed by atoms with Crippen LogP contribution in [0.5, 0.6) is 0 Å². The Morgan fingerprint density at radius 2 is 1.95 bits per heavy atom. The molecule has 2 aromatic carbocycles. The first-order valence-corrected chi connectivity index (χ1v) is 7.35. The summed E-state index contributed by atoms with van der Waals surface area (Å²) in [5.74, 6) is -1.79. The minimum absolute atomic E-state index is 0.134. The molecule has 0 aliphatic carbocycles. The topological polar surface area (TPSA) is 37.3 Å². The van der Waals surface area contributed by atoms with Gasteiger partial charge in [0.2, 0.25) is 0 Å². The van der Waals surface area contributed by atoms with E-state index in [0.29, 0.717) is 9.37 Å². The molecule has 0 amide bonds. The maximum Gasteiger partial charge on any atom is 0.336 e. The van der Waals surface area contributed by atoms with E-state index in [1.54, 1.807) is 12.1 Å². The SMILES string of the molecule is O=C(O)c1cc(SCc2cc(F)ccc2F)ccc1Br. The largest absolute Gasteiger partial charge is 0.478 e. The molecule has 0 unspecified atom stereocenters. The molecule has 20 heavy (non-hydrogen) atoms. The van der Waals surface area contributed by atoms with Crippen molar-refractivity contribution in [3.8, 4) is 0 Å². The standard InChI is InChI=1S/C14H9BrF2O2S/c15-12-3-2-10(6-11(12)14(18)19)20-7-8-5-9(16)1-4-13(8)17/h1-6H,7H2,(H,18,19). The molecule has 0 radical (unpaired) electrons. The Labute approximate surface area is 126 Å². The lowest BCUT2D eigenvalue weighted by Gasteiger charge is -2.06. The highest BCUT2D eigenvalue weighted by atomic mass is 79.9. The van der Waals surface area contributed by atoms with Gasteiger partial charge in [0.15, 0.2) is 0 Å². The maximum atomic E-state index is 13.5. The number of carboxylic acids is 1. The summed E-state index contributed by atoms with van der Waals surface area (Å²) in [6.45, 7) is 0. The minimum Gasteiger partial charge on any atom is -0.478 e. The third-order valence-corrected chi connectivity index (χ3v) is 4.30. The van der Waals surface area contributed by atoms with Gasteiger partial charge in [0.25, 0.3) is 0 Å². The summed E-state index contributed by atoms with van der Waals surface area (Å²) in [5.41, 5.74) is 0.379. The summed E-state index contributed by atoms with van der Waals surface area (Å²) < 4.78 is 27.0. The third kappa shape index (κ3) is 3.58. The molecule has 6 heteroatoms. The molecular weight excluding hydrogens is 350 g/mol. The van der Waals surface area contributed by atoms with Crippen LogP contribution < -0.4 is 0 Å². The summed E-state index contributed by atoms with van der Waals surface area (Å²) >= 11 is 4.39. The summed E-state index contributed by atoms with van der Waals surface area (Å²) in [5, 5.41) is 9.01. The fraction of sp³-hybridized carbons (Fsp3) is 0.0714. The first-order valence-electron chi connectivity index (χ1n) is 5.57. The van der Waals surface area contributed by atoms with Gasteiger partial charge in [-0.05, 0) is 52.3 Å². The van der Waals surface area contributed by atoms with Gasteiger partial charge in [-0.3, -0.25) is 0 Å². The maximum absolute atomic E-state index is 13.5. The zero-order valence-corrected chi connectivity index (χ0v) is 12.5. The number of hydrogen-bond donors (Lipinski definition) is 1. The second-order valence-electron chi connectivity index (χ2n) is 3.97. The molecule has 0 saturated heterocycles. The average molecular weight is 359 g/mol. The zero-order chi connectivity index (χ0) is 14.7. The summed E-state index contributed by atoms with van der Waals surface area (Å²) in [4.78, 5) is 11.7. The molecule has 2 nitrogen and oxygen atoms in total. The van der Waals surface area contributed by atoms with Crippen molar-refractivity contribution in [3.05, 3.63) is 63.6 Å². The van der Waals surface area contributed by atoms with Gasteiger partial charge in [-0.1, -0.05) is 0 Å². The predicted octanol–water partition coefficient (Wildman–Crippen LogP) is 4.72. The zero-order valence-electron chi connectivity index (χ0n) is 10.1. The molecule has 0 aromatic heterocycles. The van der Waals surface area contributed by atoms with Crippen molar-refractivity contribution in [2.24, 2.45) is 0 Å². The molecule has 0 heterocycles. The van der Waals surface area contributed by atoms with Gasteiger partial charge in [-0.25, -0.2) is 13.6 Å². The van der Waals surface area contributed by atoms with E-state index in [9.17, 15) is 13.6 Å². The average Bonchev–Trinajstić information content (AvgIpc) is 2.41. The lowest BCUT2D eigenvalue weighted by atomic mass is 10.2. The van der Waals surface area contributed by atoms with Gasteiger partial charge in [0.05, 0.1) is 5.56 Å². The van der Waals surface area contributed by atoms with E-state index in [2.05, 4.69) is 15.9 Å². The fourth-order valence-electron chi connectivity index (χ4n) is 1.57. The van der Waals surface area contributed by atoms with E-state index in [0.717, 1.165) is 18.2 Å². The number of thioether (sulfide) groups is 1. The Bertz CT molecular complexity index is 662. The molecule has 104 valence electrons. The van der Waals surface area contributed by atoms with E-state index in [1.165, 1.54) is 17.8 Å². The summed E-state index contributed by atoms with van der Waals surface area (Å²) in [6.07, 6.45) is 0. The van der Waals surface area contributed by atoms with Gasteiger partial charge in [0.1, 0.15) is 11.6 Å². The van der Waals surface area contributed by atoms with Crippen LogP contribution >= 0.6 is 27.7 Å². The Hall–Kier alpha value is -1.40. The Morgan fingerprint density at radius 1 is 1.20 bits per heavy atom. The highest BCUT2D eigenvalue weighted by molar-refractivity contribution is 9.10. The van der Waals surface area contributed by atoms with Crippen LogP contribution in [0.25, 0.3) is 0 Å². The number of rotatable bonds is 4. The van der Waals surface area contributed by atoms with E-state index < -0.39 is 17.6 Å². The van der Waals surface area contributed by atoms with Gasteiger partial charge in [-0.2, -0.15) is 0 Å². The van der Waals surface area contributed by atoms with Crippen LogP contribution in [0.4, 0.5) is 8.78 Å². The van der Waals surface area contributed by atoms with Crippen molar-refractivity contribution in [1.82, 2.24) is 0 Å². The van der Waals surface area contributed by atoms with Crippen molar-refractivity contribution in [2.75, 3.05) is 0 Å². The van der Waals surface area contributed by atoms with Crippen LogP contribution in [-0.2, 0) is 5.75 Å². The molecule has 0 saturated carbocycles. The van der Waals surface area contributed by atoms with E-state index in [-0.39, 0.29) is 16.9 Å². The fourth-order valence-corrected chi connectivity index (χ4v) is 2.90. The van der Waals surface area contributed by atoms with Crippen molar-refractivity contribution in [1.29, 1.82) is 0 Å². The second kappa shape index (κ2) is 6.37. The van der Waals surface area contributed by atoms with E-state index >= 15 is 0 Å². The van der Waals surface area contributed by atoms with Crippen molar-refractivity contribution < 1.29 is 18.7 Å². The highest BCUT2D eigenvalue weighted by Gasteiger charge is 2.10. The van der Waals surface area contributed by atoms with Gasteiger partial charge < -0.3 is 5.11 Å². The molecule has 0 aliphatic heterocycles. The lowest BCUT2D eigenvalue weighted by molar-refractivity contribution is 0.0695. The minimum atomic E-state index is -1.05. The number of aromatic carboxylic acids is 1. The van der Waals surface area contributed by atoms with Crippen molar-refractivity contribution in [2.45, 2.75) is 10.6 Å². The number of halogens is 3. The van der Waals surface area contributed by atoms with Crippen molar-refractivity contribution in [3.63, 3.8) is 0 Å². The monoisotopic (exact) mass is 358 g/mol. The predicted molar refractivity (Wildman–Crippen MR) is 77.0 cm³/mol. The number of hydrogen-bond acceptors (Lipinski definition) is 2. The normalized spacial score (nSPS) is 10.6. The van der Waals surface area contributed by atoms with Crippen LogP contribution in [0.1, 0.15) is 15.9 Å². The molecule has 0 spiro atoms. The van der Waals surface area contributed by atoms with E-state index in [1.807, 2.05) is 0 Å². The number of benzene rings is 2. The first kappa shape index (κ1) is 15.0. The van der Waals surface area contributed by atoms with Crippen LogP contribution in [0.3, 0.4) is 0 Å². The van der Waals surface area contributed by atoms with Crippen LogP contribution in [-0.4, -0.2) is 11.1 Å². The number of carbonyl (C=O) groups is 1. The smallest absolute Gasteiger partial charge is 0.336 e. The molecule has 2 rings (SSSR count). The second-order valence-corrected chi connectivity index (χ2v) is 5.87. The third-order valence-electron chi connectivity index (χ3n) is 2.57. The van der Waals surface area contributed by atoms with E-state index in [4.69, 9.17) is 5.11 Å². The van der Waals surface area contributed by atoms with Crippen LogP contribution in [0, 0.1) is 11.6 Å². The Morgan fingerprint density at radius 3 is 2.65 bits per heavy atom. The van der Waals surface area contributed by atoms with Gasteiger partial charge >= 0.3 is 5.97 Å². The molecule has 0 fully saturated rings. The Balaban J connectivity index is 2.17. The Kier molecular flexibility index (Phi) is 4.77. The molecule has 0 aliphatic rings. The van der Waals surface area contributed by atoms with Crippen molar-refractivity contribution >= 4 is 33.7 Å². The number of carboxylic acid groups (broad SMARTS) is 1.